The lowest BCUT2D eigenvalue weighted by atomic mass is 9.97. The number of alkyl halides is 3. The summed E-state index contributed by atoms with van der Waals surface area (Å²) in [5, 5.41) is 7.93. The zero-order valence-electron chi connectivity index (χ0n) is 15.5. The molecule has 1 heterocycles. The van der Waals surface area contributed by atoms with Crippen LogP contribution < -0.4 is 16.0 Å². The van der Waals surface area contributed by atoms with Gasteiger partial charge in [-0.3, -0.25) is 4.79 Å². The summed E-state index contributed by atoms with van der Waals surface area (Å²) in [6, 6.07) is 16.2. The van der Waals surface area contributed by atoms with Crippen LogP contribution in [0.3, 0.4) is 0 Å². The minimum Gasteiger partial charge on any atom is -0.348 e. The molecular weight excluding hydrogens is 395 g/mol. The van der Waals surface area contributed by atoms with Crippen molar-refractivity contribution in [1.82, 2.24) is 5.32 Å². The number of benzene rings is 3. The lowest BCUT2D eigenvalue weighted by Crippen LogP contribution is -2.19. The van der Waals surface area contributed by atoms with Crippen molar-refractivity contribution in [3.05, 3.63) is 83.4 Å². The Labute approximate surface area is 169 Å². The summed E-state index contributed by atoms with van der Waals surface area (Å²) in [4.78, 5) is 23.9. The van der Waals surface area contributed by atoms with Crippen LogP contribution in [-0.4, -0.2) is 11.9 Å². The molecule has 3 aromatic rings. The van der Waals surface area contributed by atoms with Crippen molar-refractivity contribution in [3.63, 3.8) is 0 Å². The molecular formula is C22H16F3N3O2. The highest BCUT2D eigenvalue weighted by molar-refractivity contribution is 6.01. The molecule has 0 saturated carbocycles. The van der Waals surface area contributed by atoms with Crippen LogP contribution in [-0.2, 0) is 12.7 Å². The summed E-state index contributed by atoms with van der Waals surface area (Å²) in [5.41, 5.74) is 3.41. The molecule has 0 aliphatic carbocycles. The van der Waals surface area contributed by atoms with Gasteiger partial charge in [0.1, 0.15) is 0 Å². The van der Waals surface area contributed by atoms with Gasteiger partial charge in [0.2, 0.25) is 0 Å². The SMILES string of the molecule is O=C(Nc1ccc(-c2cccc3c2CNC3=O)cc1)Nc1ccc(C(F)(F)F)cc1. The fraction of sp³-hybridized carbons (Fsp3) is 0.0909. The number of anilines is 2. The van der Waals surface area contributed by atoms with Gasteiger partial charge in [-0.25, -0.2) is 4.79 Å². The molecule has 3 aromatic carbocycles. The van der Waals surface area contributed by atoms with Crippen molar-refractivity contribution in [2.45, 2.75) is 12.7 Å². The average Bonchev–Trinajstić information content (AvgIpc) is 3.09. The standard InChI is InChI=1S/C22H16F3N3O2/c23-22(24,25)14-6-10-16(11-7-14)28-21(30)27-15-8-4-13(5-9-15)17-2-1-3-18-19(17)12-26-20(18)29/h1-11H,12H2,(H,26,29)(H2,27,28,30). The third kappa shape index (κ3) is 3.98. The molecule has 0 radical (unpaired) electrons. The number of urea groups is 1. The van der Waals surface area contributed by atoms with E-state index in [4.69, 9.17) is 0 Å². The van der Waals surface area contributed by atoms with E-state index in [9.17, 15) is 22.8 Å². The number of amides is 3. The van der Waals surface area contributed by atoms with Crippen molar-refractivity contribution in [2.24, 2.45) is 0 Å². The summed E-state index contributed by atoms with van der Waals surface area (Å²) in [6.45, 7) is 0.472. The number of carbonyl (C=O) groups is 2. The van der Waals surface area contributed by atoms with Crippen LogP contribution >= 0.6 is 0 Å². The van der Waals surface area contributed by atoms with Crippen molar-refractivity contribution < 1.29 is 22.8 Å². The Morgan fingerprint density at radius 2 is 1.40 bits per heavy atom. The van der Waals surface area contributed by atoms with Crippen LogP contribution in [0.5, 0.6) is 0 Å². The monoisotopic (exact) mass is 411 g/mol. The first-order valence-electron chi connectivity index (χ1n) is 9.07. The quantitative estimate of drug-likeness (QED) is 0.550. The molecule has 0 bridgehead atoms. The maximum Gasteiger partial charge on any atom is 0.416 e. The van der Waals surface area contributed by atoms with Gasteiger partial charge in [-0.05, 0) is 59.2 Å². The fourth-order valence-electron chi connectivity index (χ4n) is 3.29. The second-order valence-corrected chi connectivity index (χ2v) is 6.75. The van der Waals surface area contributed by atoms with Crippen molar-refractivity contribution in [3.8, 4) is 11.1 Å². The molecule has 0 aromatic heterocycles. The first kappa shape index (κ1) is 19.5. The minimum atomic E-state index is -4.43. The maximum atomic E-state index is 12.6. The van der Waals surface area contributed by atoms with Gasteiger partial charge in [0, 0.05) is 23.5 Å². The summed E-state index contributed by atoms with van der Waals surface area (Å²) in [7, 11) is 0. The predicted octanol–water partition coefficient (Wildman–Crippen LogP) is 5.26. The van der Waals surface area contributed by atoms with Gasteiger partial charge in [0.05, 0.1) is 5.56 Å². The molecule has 0 atom stereocenters. The second kappa shape index (κ2) is 7.55. The van der Waals surface area contributed by atoms with E-state index in [0.717, 1.165) is 28.8 Å². The van der Waals surface area contributed by atoms with Gasteiger partial charge in [0.15, 0.2) is 0 Å². The third-order valence-corrected chi connectivity index (χ3v) is 4.77. The molecule has 0 saturated heterocycles. The van der Waals surface area contributed by atoms with Crippen molar-refractivity contribution in [1.29, 1.82) is 0 Å². The third-order valence-electron chi connectivity index (χ3n) is 4.77. The van der Waals surface area contributed by atoms with Crippen LogP contribution in [0.4, 0.5) is 29.3 Å². The Morgan fingerprint density at radius 3 is 2.00 bits per heavy atom. The van der Waals surface area contributed by atoms with E-state index >= 15 is 0 Å². The average molecular weight is 411 g/mol. The number of halogens is 3. The van der Waals surface area contributed by atoms with Gasteiger partial charge in [-0.15, -0.1) is 0 Å². The Bertz CT molecular complexity index is 1110. The summed E-state index contributed by atoms with van der Waals surface area (Å²) < 4.78 is 37.8. The molecule has 0 unspecified atom stereocenters. The number of hydrogen-bond donors (Lipinski definition) is 3. The van der Waals surface area contributed by atoms with E-state index in [2.05, 4.69) is 16.0 Å². The molecule has 3 N–H and O–H groups in total. The molecule has 4 rings (SSSR count). The number of fused-ring (bicyclic) bond motifs is 1. The maximum absolute atomic E-state index is 12.6. The molecule has 0 spiro atoms. The summed E-state index contributed by atoms with van der Waals surface area (Å²) >= 11 is 0. The van der Waals surface area contributed by atoms with Crippen molar-refractivity contribution in [2.75, 3.05) is 10.6 Å². The van der Waals surface area contributed by atoms with Gasteiger partial charge in [0.25, 0.3) is 5.91 Å². The number of hydrogen-bond acceptors (Lipinski definition) is 2. The van der Waals surface area contributed by atoms with Crippen LogP contribution in [0.15, 0.2) is 66.7 Å². The first-order chi connectivity index (χ1) is 14.3. The molecule has 5 nitrogen and oxygen atoms in total. The zero-order chi connectivity index (χ0) is 21.3. The van der Waals surface area contributed by atoms with Crippen LogP contribution in [0.2, 0.25) is 0 Å². The van der Waals surface area contributed by atoms with E-state index in [1.54, 1.807) is 18.2 Å². The molecule has 0 fully saturated rings. The highest BCUT2D eigenvalue weighted by Crippen LogP contribution is 2.31. The normalized spacial score (nSPS) is 12.8. The number of carbonyl (C=O) groups excluding carboxylic acids is 2. The Morgan fingerprint density at radius 1 is 0.833 bits per heavy atom. The summed E-state index contributed by atoms with van der Waals surface area (Å²) in [5.74, 6) is -0.0925. The lowest BCUT2D eigenvalue weighted by molar-refractivity contribution is -0.137. The highest BCUT2D eigenvalue weighted by Gasteiger charge is 2.30. The molecule has 152 valence electrons. The zero-order valence-corrected chi connectivity index (χ0v) is 15.5. The van der Waals surface area contributed by atoms with E-state index in [-0.39, 0.29) is 11.6 Å². The minimum absolute atomic E-state index is 0.0925. The number of rotatable bonds is 3. The van der Waals surface area contributed by atoms with Gasteiger partial charge < -0.3 is 16.0 Å². The van der Waals surface area contributed by atoms with E-state index in [1.165, 1.54) is 12.1 Å². The van der Waals surface area contributed by atoms with E-state index in [0.29, 0.717) is 17.8 Å². The molecule has 1 aliphatic heterocycles. The Hall–Kier alpha value is -3.81. The van der Waals surface area contributed by atoms with E-state index < -0.39 is 17.8 Å². The summed E-state index contributed by atoms with van der Waals surface area (Å²) in [6.07, 6.45) is -4.43. The molecule has 1 aliphatic rings. The second-order valence-electron chi connectivity index (χ2n) is 6.75. The van der Waals surface area contributed by atoms with Crippen LogP contribution in [0, 0.1) is 0 Å². The lowest BCUT2D eigenvalue weighted by Gasteiger charge is -2.11. The van der Waals surface area contributed by atoms with Crippen molar-refractivity contribution >= 4 is 23.3 Å². The van der Waals surface area contributed by atoms with Gasteiger partial charge in [-0.1, -0.05) is 24.3 Å². The fourth-order valence-corrected chi connectivity index (χ4v) is 3.29. The van der Waals surface area contributed by atoms with Gasteiger partial charge in [-0.2, -0.15) is 13.2 Å². The van der Waals surface area contributed by atoms with E-state index in [1.807, 2.05) is 24.3 Å². The molecule has 3 amide bonds. The molecule has 8 heteroatoms. The number of nitrogens with one attached hydrogen (secondary N) is 3. The predicted molar refractivity (Wildman–Crippen MR) is 107 cm³/mol. The first-order valence-corrected chi connectivity index (χ1v) is 9.07. The van der Waals surface area contributed by atoms with Gasteiger partial charge >= 0.3 is 12.2 Å². The Kier molecular flexibility index (Phi) is 4.91. The highest BCUT2D eigenvalue weighted by atomic mass is 19.4. The Balaban J connectivity index is 1.43. The molecule has 30 heavy (non-hydrogen) atoms. The van der Waals surface area contributed by atoms with Crippen LogP contribution in [0.1, 0.15) is 21.5 Å². The van der Waals surface area contributed by atoms with Crippen LogP contribution in [0.25, 0.3) is 11.1 Å². The smallest absolute Gasteiger partial charge is 0.348 e. The largest absolute Gasteiger partial charge is 0.416 e. The topological polar surface area (TPSA) is 70.2 Å².